The SMILES string of the molecule is COCCCNC(=O)c1cc(-c2csc(-c3ccccc3Cl)n2)n(Cc2ccco2)c1C. The molecule has 0 atom stereocenters. The van der Waals surface area contributed by atoms with Crippen molar-refractivity contribution in [2.45, 2.75) is 19.9 Å². The number of halogens is 1. The van der Waals surface area contributed by atoms with Crippen molar-refractivity contribution in [1.82, 2.24) is 14.9 Å². The van der Waals surface area contributed by atoms with Crippen molar-refractivity contribution < 1.29 is 13.9 Å². The minimum absolute atomic E-state index is 0.111. The molecule has 1 N–H and O–H groups in total. The number of hydrogen-bond acceptors (Lipinski definition) is 5. The fourth-order valence-corrected chi connectivity index (χ4v) is 4.65. The summed E-state index contributed by atoms with van der Waals surface area (Å²) in [6.45, 7) is 3.60. The zero-order chi connectivity index (χ0) is 22.5. The lowest BCUT2D eigenvalue weighted by Crippen LogP contribution is -2.25. The first-order valence-corrected chi connectivity index (χ1v) is 11.5. The number of furan rings is 1. The highest BCUT2D eigenvalue weighted by atomic mass is 35.5. The van der Waals surface area contributed by atoms with Crippen molar-refractivity contribution in [1.29, 1.82) is 0 Å². The monoisotopic (exact) mass is 469 g/mol. The van der Waals surface area contributed by atoms with Crippen LogP contribution in [-0.4, -0.2) is 35.7 Å². The van der Waals surface area contributed by atoms with Crippen LogP contribution in [0.25, 0.3) is 22.0 Å². The number of rotatable bonds is 9. The van der Waals surface area contributed by atoms with Gasteiger partial charge in [-0.1, -0.05) is 29.8 Å². The molecule has 0 aliphatic rings. The fourth-order valence-electron chi connectivity index (χ4n) is 3.51. The van der Waals surface area contributed by atoms with Gasteiger partial charge in [-0.05, 0) is 37.6 Å². The van der Waals surface area contributed by atoms with Crippen molar-refractivity contribution in [3.05, 3.63) is 76.1 Å². The Hall–Kier alpha value is -2.87. The van der Waals surface area contributed by atoms with E-state index in [9.17, 15) is 4.79 Å². The molecule has 0 bridgehead atoms. The number of carbonyl (C=O) groups excluding carboxylic acids is 1. The largest absolute Gasteiger partial charge is 0.467 e. The van der Waals surface area contributed by atoms with E-state index in [1.54, 1.807) is 13.4 Å². The van der Waals surface area contributed by atoms with Crippen LogP contribution in [0.3, 0.4) is 0 Å². The molecule has 6 nitrogen and oxygen atoms in total. The molecular formula is C24H24ClN3O3S. The van der Waals surface area contributed by atoms with Gasteiger partial charge in [0.15, 0.2) is 0 Å². The minimum Gasteiger partial charge on any atom is -0.467 e. The van der Waals surface area contributed by atoms with E-state index in [-0.39, 0.29) is 5.91 Å². The van der Waals surface area contributed by atoms with E-state index in [4.69, 9.17) is 25.7 Å². The van der Waals surface area contributed by atoms with E-state index in [0.29, 0.717) is 30.3 Å². The van der Waals surface area contributed by atoms with Gasteiger partial charge in [-0.3, -0.25) is 4.79 Å². The Balaban J connectivity index is 1.69. The number of nitrogens with one attached hydrogen (secondary N) is 1. The summed E-state index contributed by atoms with van der Waals surface area (Å²) in [6, 6.07) is 13.3. The zero-order valence-electron chi connectivity index (χ0n) is 17.9. The van der Waals surface area contributed by atoms with Gasteiger partial charge in [0.25, 0.3) is 5.91 Å². The first-order chi connectivity index (χ1) is 15.6. The van der Waals surface area contributed by atoms with Gasteiger partial charge in [-0.15, -0.1) is 11.3 Å². The maximum Gasteiger partial charge on any atom is 0.253 e. The van der Waals surface area contributed by atoms with Crippen LogP contribution in [-0.2, 0) is 11.3 Å². The highest BCUT2D eigenvalue weighted by Crippen LogP contribution is 2.34. The third-order valence-corrected chi connectivity index (χ3v) is 6.39. The number of methoxy groups -OCH3 is 1. The predicted molar refractivity (Wildman–Crippen MR) is 127 cm³/mol. The Bertz CT molecular complexity index is 1200. The number of benzene rings is 1. The van der Waals surface area contributed by atoms with E-state index < -0.39 is 0 Å². The maximum absolute atomic E-state index is 12.9. The average Bonchev–Trinajstić information content (AvgIpc) is 3.54. The van der Waals surface area contributed by atoms with Gasteiger partial charge < -0.3 is 19.0 Å². The van der Waals surface area contributed by atoms with E-state index in [1.807, 2.05) is 54.8 Å². The van der Waals surface area contributed by atoms with Crippen molar-refractivity contribution in [3.8, 4) is 22.0 Å². The van der Waals surface area contributed by atoms with Crippen LogP contribution in [0.5, 0.6) is 0 Å². The van der Waals surface area contributed by atoms with Gasteiger partial charge in [0, 0.05) is 36.9 Å². The molecule has 0 fully saturated rings. The van der Waals surface area contributed by atoms with E-state index in [1.165, 1.54) is 11.3 Å². The second kappa shape index (κ2) is 10.2. The van der Waals surface area contributed by atoms with E-state index in [2.05, 4.69) is 9.88 Å². The van der Waals surface area contributed by atoms with Gasteiger partial charge in [-0.2, -0.15) is 0 Å². The highest BCUT2D eigenvalue weighted by molar-refractivity contribution is 7.13. The molecule has 4 aromatic rings. The molecule has 4 rings (SSSR count). The quantitative estimate of drug-likeness (QED) is 0.322. The summed E-state index contributed by atoms with van der Waals surface area (Å²) in [7, 11) is 1.65. The Morgan fingerprint density at radius 1 is 1.28 bits per heavy atom. The Morgan fingerprint density at radius 3 is 2.88 bits per heavy atom. The van der Waals surface area contributed by atoms with Crippen LogP contribution in [0.2, 0.25) is 5.02 Å². The van der Waals surface area contributed by atoms with Gasteiger partial charge >= 0.3 is 0 Å². The molecule has 1 amide bonds. The second-order valence-electron chi connectivity index (χ2n) is 7.31. The number of aromatic nitrogens is 2. The summed E-state index contributed by atoms with van der Waals surface area (Å²) >= 11 is 7.89. The molecule has 0 aliphatic carbocycles. The van der Waals surface area contributed by atoms with Crippen molar-refractivity contribution in [3.63, 3.8) is 0 Å². The smallest absolute Gasteiger partial charge is 0.253 e. The van der Waals surface area contributed by atoms with Crippen molar-refractivity contribution >= 4 is 28.8 Å². The molecule has 0 aliphatic heterocycles. The molecule has 0 spiro atoms. The summed E-state index contributed by atoms with van der Waals surface area (Å²) in [6.07, 6.45) is 2.41. The van der Waals surface area contributed by atoms with Crippen LogP contribution >= 0.6 is 22.9 Å². The maximum atomic E-state index is 12.9. The number of nitrogens with zero attached hydrogens (tertiary/aromatic N) is 2. The molecule has 166 valence electrons. The lowest BCUT2D eigenvalue weighted by Gasteiger charge is -2.09. The highest BCUT2D eigenvalue weighted by Gasteiger charge is 2.21. The molecule has 3 aromatic heterocycles. The topological polar surface area (TPSA) is 69.3 Å². The van der Waals surface area contributed by atoms with Crippen LogP contribution in [0.15, 0.2) is 58.5 Å². The molecule has 0 radical (unpaired) electrons. The first kappa shape index (κ1) is 22.3. The summed E-state index contributed by atoms with van der Waals surface area (Å²) in [5.41, 5.74) is 4.01. The Morgan fingerprint density at radius 2 is 2.12 bits per heavy atom. The molecular weight excluding hydrogens is 446 g/mol. The first-order valence-electron chi connectivity index (χ1n) is 10.3. The zero-order valence-corrected chi connectivity index (χ0v) is 19.5. The minimum atomic E-state index is -0.111. The normalized spacial score (nSPS) is 11.1. The van der Waals surface area contributed by atoms with Crippen molar-refractivity contribution in [2.75, 3.05) is 20.3 Å². The number of thiazole rings is 1. The third-order valence-electron chi connectivity index (χ3n) is 5.19. The molecule has 32 heavy (non-hydrogen) atoms. The molecule has 0 saturated carbocycles. The Labute approximate surface area is 195 Å². The van der Waals surface area contributed by atoms with E-state index >= 15 is 0 Å². The lowest BCUT2D eigenvalue weighted by molar-refractivity contribution is 0.0948. The van der Waals surface area contributed by atoms with Gasteiger partial charge in [0.2, 0.25) is 0 Å². The third kappa shape index (κ3) is 4.80. The van der Waals surface area contributed by atoms with Gasteiger partial charge in [-0.25, -0.2) is 4.98 Å². The van der Waals surface area contributed by atoms with Crippen LogP contribution in [0.4, 0.5) is 0 Å². The van der Waals surface area contributed by atoms with Crippen LogP contribution < -0.4 is 5.32 Å². The summed E-state index contributed by atoms with van der Waals surface area (Å²) < 4.78 is 12.7. The molecule has 3 heterocycles. The Kier molecular flexibility index (Phi) is 7.09. The number of ether oxygens (including phenoxy) is 1. The number of amides is 1. The summed E-state index contributed by atoms with van der Waals surface area (Å²) in [5, 5.41) is 6.46. The van der Waals surface area contributed by atoms with Crippen molar-refractivity contribution in [2.24, 2.45) is 0 Å². The van der Waals surface area contributed by atoms with Gasteiger partial charge in [0.05, 0.1) is 34.8 Å². The molecule has 0 unspecified atom stereocenters. The standard InChI is InChI=1S/C24H24ClN3O3S/c1-16-19(23(29)26-10-6-11-30-2)13-22(28(16)14-17-7-5-12-31-17)21-15-32-24(27-21)18-8-3-4-9-20(18)25/h3-5,7-9,12-13,15H,6,10-11,14H2,1-2H3,(H,26,29). The predicted octanol–water partition coefficient (Wildman–Crippen LogP) is 5.65. The summed E-state index contributed by atoms with van der Waals surface area (Å²) in [5.74, 6) is 0.693. The molecule has 1 aromatic carbocycles. The van der Waals surface area contributed by atoms with Crippen LogP contribution in [0.1, 0.15) is 28.2 Å². The average molecular weight is 470 g/mol. The van der Waals surface area contributed by atoms with E-state index in [0.717, 1.165) is 39.8 Å². The molecule has 8 heteroatoms. The fraction of sp³-hybridized carbons (Fsp3) is 0.250. The lowest BCUT2D eigenvalue weighted by atomic mass is 10.2. The number of hydrogen-bond donors (Lipinski definition) is 1. The number of carbonyl (C=O) groups is 1. The van der Waals surface area contributed by atoms with Crippen LogP contribution in [0, 0.1) is 6.92 Å². The second-order valence-corrected chi connectivity index (χ2v) is 8.58. The van der Waals surface area contributed by atoms with Gasteiger partial charge in [0.1, 0.15) is 10.8 Å². The molecule has 0 saturated heterocycles. The summed E-state index contributed by atoms with van der Waals surface area (Å²) in [4.78, 5) is 17.7.